The standard InChI is InChI=1S/C17H27NOS/c1-5-14(6-2)12-18(7-3)13-17(19)15-8-10-16(20-4)11-9-15/h8-11,14H,5-7,12-13H2,1-4H3. The lowest BCUT2D eigenvalue weighted by Gasteiger charge is -2.24. The quantitative estimate of drug-likeness (QED) is 0.499. The minimum Gasteiger partial charge on any atom is -0.296 e. The maximum absolute atomic E-state index is 12.3. The molecular formula is C17H27NOS. The van der Waals surface area contributed by atoms with E-state index in [1.807, 2.05) is 30.5 Å². The van der Waals surface area contributed by atoms with Crippen molar-refractivity contribution in [3.05, 3.63) is 29.8 Å². The lowest BCUT2D eigenvalue weighted by molar-refractivity contribution is 0.0920. The molecule has 0 radical (unpaired) electrons. The summed E-state index contributed by atoms with van der Waals surface area (Å²) in [5.41, 5.74) is 0.825. The summed E-state index contributed by atoms with van der Waals surface area (Å²) in [5, 5.41) is 0. The smallest absolute Gasteiger partial charge is 0.176 e. The fourth-order valence-electron chi connectivity index (χ4n) is 2.29. The molecule has 1 rings (SSSR count). The van der Waals surface area contributed by atoms with Gasteiger partial charge < -0.3 is 0 Å². The molecule has 0 aliphatic heterocycles. The summed E-state index contributed by atoms with van der Waals surface area (Å²) < 4.78 is 0. The van der Waals surface area contributed by atoms with Crippen LogP contribution >= 0.6 is 11.8 Å². The number of likely N-dealkylation sites (N-methyl/N-ethyl adjacent to an activating group) is 1. The Bertz CT molecular complexity index is 398. The van der Waals surface area contributed by atoms with Crippen molar-refractivity contribution in [2.24, 2.45) is 5.92 Å². The van der Waals surface area contributed by atoms with E-state index in [4.69, 9.17) is 0 Å². The van der Waals surface area contributed by atoms with Crippen LogP contribution < -0.4 is 0 Å². The Morgan fingerprint density at radius 3 is 2.20 bits per heavy atom. The summed E-state index contributed by atoms with van der Waals surface area (Å²) in [6.07, 6.45) is 4.42. The summed E-state index contributed by atoms with van der Waals surface area (Å²) in [4.78, 5) is 15.8. The molecule has 0 saturated heterocycles. The van der Waals surface area contributed by atoms with Crippen molar-refractivity contribution in [2.75, 3.05) is 25.9 Å². The number of carbonyl (C=O) groups excluding carboxylic acids is 1. The molecule has 0 saturated carbocycles. The van der Waals surface area contributed by atoms with Gasteiger partial charge in [0.2, 0.25) is 0 Å². The fraction of sp³-hybridized carbons (Fsp3) is 0.588. The van der Waals surface area contributed by atoms with Gasteiger partial charge in [0.25, 0.3) is 0 Å². The minimum absolute atomic E-state index is 0.227. The van der Waals surface area contributed by atoms with Gasteiger partial charge in [-0.2, -0.15) is 0 Å². The van der Waals surface area contributed by atoms with Crippen LogP contribution in [0.5, 0.6) is 0 Å². The molecule has 0 aliphatic carbocycles. The highest BCUT2D eigenvalue weighted by molar-refractivity contribution is 7.98. The number of rotatable bonds is 9. The molecule has 0 aromatic heterocycles. The van der Waals surface area contributed by atoms with Crippen molar-refractivity contribution in [2.45, 2.75) is 38.5 Å². The van der Waals surface area contributed by atoms with Crippen molar-refractivity contribution in [3.8, 4) is 0 Å². The van der Waals surface area contributed by atoms with Gasteiger partial charge in [-0.3, -0.25) is 9.69 Å². The van der Waals surface area contributed by atoms with Crippen LogP contribution in [-0.2, 0) is 0 Å². The first kappa shape index (κ1) is 17.3. The zero-order valence-corrected chi connectivity index (χ0v) is 14.0. The molecule has 0 amide bonds. The van der Waals surface area contributed by atoms with Gasteiger partial charge in [0.05, 0.1) is 6.54 Å². The van der Waals surface area contributed by atoms with Gasteiger partial charge in [-0.15, -0.1) is 11.8 Å². The highest BCUT2D eigenvalue weighted by Gasteiger charge is 2.14. The molecule has 0 fully saturated rings. The van der Waals surface area contributed by atoms with E-state index in [0.717, 1.165) is 18.7 Å². The predicted molar refractivity (Wildman–Crippen MR) is 88.7 cm³/mol. The molecule has 3 heteroatoms. The number of thioether (sulfide) groups is 1. The van der Waals surface area contributed by atoms with Gasteiger partial charge >= 0.3 is 0 Å². The van der Waals surface area contributed by atoms with Gasteiger partial charge in [-0.25, -0.2) is 0 Å². The summed E-state index contributed by atoms with van der Waals surface area (Å²) in [6, 6.07) is 7.93. The molecule has 0 atom stereocenters. The SMILES string of the molecule is CCC(CC)CN(CC)CC(=O)c1ccc(SC)cc1. The third-order valence-corrected chi connectivity index (χ3v) is 4.64. The van der Waals surface area contributed by atoms with Gasteiger partial charge in [0, 0.05) is 17.0 Å². The number of benzene rings is 1. The van der Waals surface area contributed by atoms with E-state index in [1.54, 1.807) is 11.8 Å². The van der Waals surface area contributed by atoms with Crippen molar-refractivity contribution in [1.82, 2.24) is 4.90 Å². The van der Waals surface area contributed by atoms with Crippen LogP contribution in [0.4, 0.5) is 0 Å². The van der Waals surface area contributed by atoms with Crippen molar-refractivity contribution < 1.29 is 4.79 Å². The Labute approximate surface area is 127 Å². The lowest BCUT2D eigenvalue weighted by Crippen LogP contribution is -2.34. The second kappa shape index (κ2) is 9.19. The van der Waals surface area contributed by atoms with Crippen molar-refractivity contribution >= 4 is 17.5 Å². The van der Waals surface area contributed by atoms with Crippen molar-refractivity contribution in [1.29, 1.82) is 0 Å². The molecule has 0 N–H and O–H groups in total. The monoisotopic (exact) mass is 293 g/mol. The largest absolute Gasteiger partial charge is 0.296 e. The Hall–Kier alpha value is -0.800. The van der Waals surface area contributed by atoms with E-state index < -0.39 is 0 Å². The van der Waals surface area contributed by atoms with Crippen LogP contribution in [0.2, 0.25) is 0 Å². The van der Waals surface area contributed by atoms with Crippen LogP contribution in [-0.4, -0.2) is 36.6 Å². The molecule has 1 aromatic carbocycles. The molecule has 0 bridgehead atoms. The van der Waals surface area contributed by atoms with Crippen LogP contribution in [0.15, 0.2) is 29.2 Å². The van der Waals surface area contributed by atoms with Gasteiger partial charge in [0.1, 0.15) is 0 Å². The maximum atomic E-state index is 12.3. The molecule has 0 spiro atoms. The lowest BCUT2D eigenvalue weighted by atomic mass is 10.0. The molecule has 1 aromatic rings. The van der Waals surface area contributed by atoms with Crippen LogP contribution in [0, 0.1) is 5.92 Å². The van der Waals surface area contributed by atoms with Crippen LogP contribution in [0.1, 0.15) is 44.0 Å². The summed E-state index contributed by atoms with van der Waals surface area (Å²) in [7, 11) is 0. The van der Waals surface area contributed by atoms with Gasteiger partial charge in [0.15, 0.2) is 5.78 Å². The predicted octanol–water partition coefficient (Wildman–Crippen LogP) is 4.35. The van der Waals surface area contributed by atoms with E-state index in [9.17, 15) is 4.79 Å². The van der Waals surface area contributed by atoms with E-state index in [1.165, 1.54) is 17.7 Å². The highest BCUT2D eigenvalue weighted by Crippen LogP contribution is 2.16. The second-order valence-electron chi connectivity index (χ2n) is 5.16. The molecule has 0 aliphatic rings. The molecule has 2 nitrogen and oxygen atoms in total. The normalized spacial score (nSPS) is 11.3. The molecule has 0 unspecified atom stereocenters. The van der Waals surface area contributed by atoms with E-state index in [-0.39, 0.29) is 5.78 Å². The fourth-order valence-corrected chi connectivity index (χ4v) is 2.70. The minimum atomic E-state index is 0.227. The number of hydrogen-bond donors (Lipinski definition) is 0. The van der Waals surface area contributed by atoms with Gasteiger partial charge in [-0.1, -0.05) is 45.7 Å². The number of carbonyl (C=O) groups is 1. The Morgan fingerprint density at radius 2 is 1.75 bits per heavy atom. The maximum Gasteiger partial charge on any atom is 0.176 e. The van der Waals surface area contributed by atoms with Crippen LogP contribution in [0.25, 0.3) is 0 Å². The Kier molecular flexibility index (Phi) is 7.93. The zero-order chi connectivity index (χ0) is 15.0. The Balaban J connectivity index is 2.61. The van der Waals surface area contributed by atoms with E-state index in [0.29, 0.717) is 12.5 Å². The Morgan fingerprint density at radius 1 is 1.15 bits per heavy atom. The summed E-state index contributed by atoms with van der Waals surface area (Å²) in [5.74, 6) is 0.923. The third-order valence-electron chi connectivity index (χ3n) is 3.90. The van der Waals surface area contributed by atoms with Crippen LogP contribution in [0.3, 0.4) is 0 Å². The summed E-state index contributed by atoms with van der Waals surface area (Å²) in [6.45, 7) is 9.08. The average Bonchev–Trinajstić information content (AvgIpc) is 2.51. The van der Waals surface area contributed by atoms with E-state index in [2.05, 4.69) is 25.7 Å². The average molecular weight is 293 g/mol. The number of Topliss-reactive ketones (excluding diaryl/α,β-unsaturated/α-hetero) is 1. The number of nitrogens with zero attached hydrogens (tertiary/aromatic N) is 1. The second-order valence-corrected chi connectivity index (χ2v) is 6.04. The summed E-state index contributed by atoms with van der Waals surface area (Å²) >= 11 is 1.70. The first-order valence-corrected chi connectivity index (χ1v) is 8.76. The molecule has 112 valence electrons. The molecule has 0 heterocycles. The topological polar surface area (TPSA) is 20.3 Å². The first-order valence-electron chi connectivity index (χ1n) is 7.54. The third kappa shape index (κ3) is 5.29. The number of ketones is 1. The first-order chi connectivity index (χ1) is 9.64. The molecular weight excluding hydrogens is 266 g/mol. The highest BCUT2D eigenvalue weighted by atomic mass is 32.2. The zero-order valence-electron chi connectivity index (χ0n) is 13.2. The molecule has 20 heavy (non-hydrogen) atoms. The van der Waals surface area contributed by atoms with E-state index >= 15 is 0 Å². The number of hydrogen-bond acceptors (Lipinski definition) is 3. The van der Waals surface area contributed by atoms with Crippen molar-refractivity contribution in [3.63, 3.8) is 0 Å². The van der Waals surface area contributed by atoms with Gasteiger partial charge in [-0.05, 0) is 30.9 Å².